The van der Waals surface area contributed by atoms with Gasteiger partial charge in [-0.2, -0.15) is 0 Å². The van der Waals surface area contributed by atoms with Crippen LogP contribution in [0.1, 0.15) is 74.9 Å². The fraction of sp³-hybridized carbons (Fsp3) is 0.173. The minimum absolute atomic E-state index is 0.0454. The van der Waals surface area contributed by atoms with Crippen LogP contribution in [0.5, 0.6) is 0 Å². The molecule has 8 aromatic rings. The van der Waals surface area contributed by atoms with Crippen LogP contribution >= 0.6 is 0 Å². The van der Waals surface area contributed by atoms with Gasteiger partial charge in [0.05, 0.1) is 0 Å². The predicted octanol–water partition coefficient (Wildman–Crippen LogP) is 12.8. The molecule has 268 valence electrons. The molecule has 2 aliphatic carbocycles. The fourth-order valence-corrected chi connectivity index (χ4v) is 11.5. The van der Waals surface area contributed by atoms with E-state index in [0.717, 1.165) is 27.8 Å². The second-order valence-corrected chi connectivity index (χ2v) is 19.6. The molecule has 0 fully saturated rings. The van der Waals surface area contributed by atoms with Crippen LogP contribution in [0.25, 0.3) is 41.5 Å². The van der Waals surface area contributed by atoms with Gasteiger partial charge in [0.2, 0.25) is 0 Å². The molecule has 1 aromatic heterocycles. The van der Waals surface area contributed by atoms with E-state index in [2.05, 4.69) is 186 Å². The van der Waals surface area contributed by atoms with E-state index in [9.17, 15) is 4.79 Å². The zero-order chi connectivity index (χ0) is 37.9. The maximum absolute atomic E-state index is 14.3. The van der Waals surface area contributed by atoms with E-state index in [0.29, 0.717) is 0 Å². The monoisotopic (exact) mass is 777 g/mol. The Balaban J connectivity index is 1.26. The Morgan fingerprint density at radius 2 is 0.927 bits per heavy atom. The summed E-state index contributed by atoms with van der Waals surface area (Å²) >= 11 is 0.0454. The van der Waals surface area contributed by atoms with Gasteiger partial charge in [-0.3, -0.25) is 0 Å². The van der Waals surface area contributed by atoms with E-state index in [-0.39, 0.29) is 30.8 Å². The predicted molar refractivity (Wildman–Crippen MR) is 233 cm³/mol. The van der Waals surface area contributed by atoms with E-state index in [1.807, 2.05) is 12.1 Å². The zero-order valence-electron chi connectivity index (χ0n) is 32.2. The van der Waals surface area contributed by atoms with Crippen molar-refractivity contribution in [3.8, 4) is 22.3 Å². The standard InChI is InChI=1S/C52H43NOSe/c1-50(2,3)32-19-23-34(24-20-32)53(35-25-21-33(22-26-35)51(4,5)6)36-27-28-39-37-13-7-10-16-43(37)52(45(39)29-36)44-17-11-8-14-38(44)41-31-48-42(30-46(41)52)49(54)40-15-9-12-18-47(40)55-48/h7-31H,1-6H3. The van der Waals surface area contributed by atoms with Crippen molar-refractivity contribution in [2.45, 2.75) is 57.8 Å². The normalized spacial score (nSPS) is 15.6. The molecule has 0 bridgehead atoms. The zero-order valence-corrected chi connectivity index (χ0v) is 33.9. The molecule has 0 radical (unpaired) electrons. The molecular weight excluding hydrogens is 734 g/mol. The van der Waals surface area contributed by atoms with Crippen molar-refractivity contribution < 1.29 is 0 Å². The Hall–Kier alpha value is -5.47. The number of nitrogens with zero attached hydrogens (tertiary/aromatic N) is 1. The van der Waals surface area contributed by atoms with E-state index in [4.69, 9.17) is 0 Å². The summed E-state index contributed by atoms with van der Waals surface area (Å²) in [4.78, 5) is 16.7. The molecule has 0 N–H and O–H groups in total. The summed E-state index contributed by atoms with van der Waals surface area (Å²) in [5.41, 5.74) is 15.6. The van der Waals surface area contributed by atoms with Gasteiger partial charge >= 0.3 is 268 Å². The van der Waals surface area contributed by atoms with Crippen molar-refractivity contribution in [1.82, 2.24) is 0 Å². The van der Waals surface area contributed by atoms with Gasteiger partial charge in [-0.1, -0.05) is 41.5 Å². The first kappa shape index (κ1) is 34.1. The Kier molecular flexibility index (Phi) is 7.44. The second-order valence-electron chi connectivity index (χ2n) is 17.3. The first-order valence-electron chi connectivity index (χ1n) is 19.3. The number of hydrogen-bond donors (Lipinski definition) is 0. The molecule has 2 aliphatic rings. The SMILES string of the molecule is CC(C)(C)c1ccc(N(c2ccc(C(C)(C)C)cc2)c2ccc3c(c2)C2(c4ccccc4-3)c3ccccc3-c3cc4[se]c5ccccc5c(=O)c4cc32)cc1. The van der Waals surface area contributed by atoms with Crippen molar-refractivity contribution in [3.05, 3.63) is 195 Å². The second kappa shape index (κ2) is 12.0. The number of rotatable bonds is 3. The summed E-state index contributed by atoms with van der Waals surface area (Å²) in [6, 6.07) is 56.0. The third kappa shape index (κ3) is 5.03. The van der Waals surface area contributed by atoms with Crippen molar-refractivity contribution in [1.29, 1.82) is 0 Å². The van der Waals surface area contributed by atoms with Gasteiger partial charge in [-0.05, 0) is 22.0 Å². The summed E-state index contributed by atoms with van der Waals surface area (Å²) < 4.78 is 2.34. The molecule has 0 amide bonds. The van der Waals surface area contributed by atoms with Gasteiger partial charge < -0.3 is 0 Å². The van der Waals surface area contributed by atoms with E-state index in [1.165, 1.54) is 64.2 Å². The molecule has 0 saturated carbocycles. The minimum atomic E-state index is -0.578. The van der Waals surface area contributed by atoms with Crippen molar-refractivity contribution >= 4 is 50.9 Å². The summed E-state index contributed by atoms with van der Waals surface area (Å²) in [5.74, 6) is 0. The molecule has 55 heavy (non-hydrogen) atoms. The van der Waals surface area contributed by atoms with Crippen LogP contribution in [0.4, 0.5) is 17.1 Å². The molecule has 3 heteroatoms. The van der Waals surface area contributed by atoms with Gasteiger partial charge in [0, 0.05) is 0 Å². The molecule has 7 aromatic carbocycles. The summed E-state index contributed by atoms with van der Waals surface area (Å²) in [7, 11) is 0. The average molecular weight is 777 g/mol. The third-order valence-corrected chi connectivity index (χ3v) is 14.4. The molecule has 1 spiro atoms. The number of anilines is 3. The molecule has 0 saturated heterocycles. The number of hydrogen-bond acceptors (Lipinski definition) is 2. The van der Waals surface area contributed by atoms with Gasteiger partial charge in [0.1, 0.15) is 0 Å². The summed E-state index contributed by atoms with van der Waals surface area (Å²) in [5, 5.41) is 1.70. The van der Waals surface area contributed by atoms with Crippen molar-refractivity contribution in [3.63, 3.8) is 0 Å². The average Bonchev–Trinajstić information content (AvgIpc) is 3.64. The van der Waals surface area contributed by atoms with Gasteiger partial charge in [-0.15, -0.1) is 0 Å². The van der Waals surface area contributed by atoms with Crippen LogP contribution in [0.15, 0.2) is 156 Å². The van der Waals surface area contributed by atoms with Crippen LogP contribution in [0.3, 0.4) is 0 Å². The molecule has 1 atom stereocenters. The van der Waals surface area contributed by atoms with E-state index in [1.54, 1.807) is 0 Å². The fourth-order valence-electron chi connectivity index (χ4n) is 9.23. The Labute approximate surface area is 329 Å². The van der Waals surface area contributed by atoms with Crippen molar-refractivity contribution in [2.75, 3.05) is 4.90 Å². The molecule has 2 nitrogen and oxygen atoms in total. The van der Waals surface area contributed by atoms with Gasteiger partial charge in [-0.25, -0.2) is 0 Å². The van der Waals surface area contributed by atoms with Gasteiger partial charge in [0.25, 0.3) is 0 Å². The summed E-state index contributed by atoms with van der Waals surface area (Å²) in [6.45, 7) is 13.6. The van der Waals surface area contributed by atoms with Crippen LogP contribution < -0.4 is 10.3 Å². The third-order valence-electron chi connectivity index (χ3n) is 12.0. The van der Waals surface area contributed by atoms with E-state index >= 15 is 0 Å². The number of fused-ring (bicyclic) bond motifs is 12. The quantitative estimate of drug-likeness (QED) is 0.132. The molecule has 1 unspecified atom stereocenters. The van der Waals surface area contributed by atoms with Crippen molar-refractivity contribution in [2.24, 2.45) is 0 Å². The molecular formula is C52H43NOSe. The maximum atomic E-state index is 14.3. The Morgan fingerprint density at radius 3 is 1.53 bits per heavy atom. The Morgan fingerprint density at radius 1 is 0.436 bits per heavy atom. The molecule has 1 heterocycles. The van der Waals surface area contributed by atoms with Crippen LogP contribution in [-0.4, -0.2) is 14.5 Å². The molecule has 0 aliphatic heterocycles. The topological polar surface area (TPSA) is 20.3 Å². The first-order valence-corrected chi connectivity index (χ1v) is 21.0. The van der Waals surface area contributed by atoms with Crippen LogP contribution in [-0.2, 0) is 16.2 Å². The Bertz CT molecular complexity index is 2850. The number of benzene rings is 7. The van der Waals surface area contributed by atoms with E-state index < -0.39 is 5.41 Å². The summed E-state index contributed by atoms with van der Waals surface area (Å²) in [6.07, 6.45) is 0. The van der Waals surface area contributed by atoms with Gasteiger partial charge in [0.15, 0.2) is 0 Å². The molecule has 10 rings (SSSR count). The van der Waals surface area contributed by atoms with Crippen LogP contribution in [0, 0.1) is 0 Å². The van der Waals surface area contributed by atoms with Crippen LogP contribution in [0.2, 0.25) is 0 Å². The first-order chi connectivity index (χ1) is 26.4.